The van der Waals surface area contributed by atoms with Crippen LogP contribution in [0.2, 0.25) is 0 Å². The molecule has 0 amide bonds. The smallest absolute Gasteiger partial charge is 1.00 e. The van der Waals surface area contributed by atoms with Gasteiger partial charge in [0.25, 0.3) is 0 Å². The molecule has 0 atom stereocenters. The summed E-state index contributed by atoms with van der Waals surface area (Å²) >= 11 is 3.15. The standard InChI is InChI=1S/C2H5Br.BrH.H3N/c1-2-3;;/h2H2,1H3;1H;1H3. The van der Waals surface area contributed by atoms with E-state index in [9.17, 15) is 0 Å². The maximum Gasteiger partial charge on any atom is 1.00 e. The Bertz CT molecular complexity index is 11.5. The quantitative estimate of drug-likeness (QED) is 0.491. The fraction of sp³-hybridized carbons (Fsp3) is 1.00. The summed E-state index contributed by atoms with van der Waals surface area (Å²) in [7, 11) is 0. The van der Waals surface area contributed by atoms with Gasteiger partial charge in [0.2, 0.25) is 0 Å². The average molecular weight is 207 g/mol. The van der Waals surface area contributed by atoms with E-state index in [0.717, 1.165) is 5.33 Å². The fourth-order valence-corrected chi connectivity index (χ4v) is 0. The first kappa shape index (κ1) is 16.8. The van der Waals surface area contributed by atoms with Gasteiger partial charge in [0.1, 0.15) is 0 Å². The second-order valence-corrected chi connectivity index (χ2v) is 1.39. The van der Waals surface area contributed by atoms with Gasteiger partial charge in [0.05, 0.1) is 0 Å². The molecule has 0 aromatic carbocycles. The molecule has 0 heterocycles. The molecule has 0 aliphatic rings. The van der Waals surface area contributed by atoms with Crippen molar-refractivity contribution in [3.8, 4) is 0 Å². The van der Waals surface area contributed by atoms with Gasteiger partial charge in [-0.3, -0.25) is 0 Å². The fourth-order valence-electron chi connectivity index (χ4n) is 0. The molecule has 3 N–H and O–H groups in total. The zero-order valence-corrected chi connectivity index (χ0v) is 6.34. The van der Waals surface area contributed by atoms with Crippen LogP contribution < -0.4 is 23.1 Å². The largest absolute Gasteiger partial charge is 1.00 e. The second kappa shape index (κ2) is 20.5. The molecule has 3 heteroatoms. The Kier molecular flexibility index (Phi) is 68.9. The van der Waals surface area contributed by atoms with E-state index in [1.807, 2.05) is 6.92 Å². The summed E-state index contributed by atoms with van der Waals surface area (Å²) in [5.74, 6) is 0. The summed E-state index contributed by atoms with van der Waals surface area (Å²) in [4.78, 5) is 0. The molecular formula is C2H9Br2N. The zero-order chi connectivity index (χ0) is 2.71. The number of hydrogen-bond donors (Lipinski definition) is 1. The van der Waals surface area contributed by atoms with Gasteiger partial charge in [0.15, 0.2) is 0 Å². The van der Waals surface area contributed by atoms with Gasteiger partial charge in [-0.1, -0.05) is 22.9 Å². The third-order valence-corrected chi connectivity index (χ3v) is 0. The van der Waals surface area contributed by atoms with Crippen LogP contribution >= 0.6 is 15.9 Å². The van der Waals surface area contributed by atoms with Crippen molar-refractivity contribution in [2.24, 2.45) is 0 Å². The van der Waals surface area contributed by atoms with E-state index in [0.29, 0.717) is 0 Å². The highest BCUT2D eigenvalue weighted by Crippen LogP contribution is 1.67. The maximum absolute atomic E-state index is 3.15. The Morgan fingerprint density at radius 2 is 1.80 bits per heavy atom. The molecule has 5 heavy (non-hydrogen) atoms. The molecule has 0 aliphatic heterocycles. The molecule has 0 saturated heterocycles. The third-order valence-electron chi connectivity index (χ3n) is 0. The summed E-state index contributed by atoms with van der Waals surface area (Å²) in [5.41, 5.74) is 0. The van der Waals surface area contributed by atoms with E-state index in [2.05, 4.69) is 15.9 Å². The SMILES string of the molecule is CCBr.N.[Br-].[H+]. The lowest BCUT2D eigenvalue weighted by Gasteiger charge is -1.45. The molecular weight excluding hydrogens is 198 g/mol. The normalized spacial score (nSPS) is 3.60. The Balaban J connectivity index is -0.00000000667. The van der Waals surface area contributed by atoms with Crippen molar-refractivity contribution in [2.45, 2.75) is 6.92 Å². The van der Waals surface area contributed by atoms with Gasteiger partial charge in [-0.05, 0) is 0 Å². The van der Waals surface area contributed by atoms with Crippen LogP contribution in [0.4, 0.5) is 0 Å². The molecule has 0 bridgehead atoms. The zero-order valence-electron chi connectivity index (χ0n) is 4.17. The highest BCUT2D eigenvalue weighted by Gasteiger charge is 1.38. The molecule has 0 aromatic rings. The Morgan fingerprint density at radius 1 is 1.80 bits per heavy atom. The first-order valence-corrected chi connectivity index (χ1v) is 2.10. The lowest BCUT2D eigenvalue weighted by molar-refractivity contribution is -0.00000109. The molecule has 0 radical (unpaired) electrons. The maximum atomic E-state index is 3.15. The molecule has 36 valence electrons. The molecule has 0 aromatic heterocycles. The predicted octanol–water partition coefficient (Wildman–Crippen LogP) is -1.32. The minimum atomic E-state index is 0. The monoisotopic (exact) mass is 205 g/mol. The number of rotatable bonds is 0. The number of alkyl halides is 1. The van der Waals surface area contributed by atoms with Crippen molar-refractivity contribution < 1.29 is 18.4 Å². The van der Waals surface area contributed by atoms with E-state index in [-0.39, 0.29) is 24.6 Å². The summed E-state index contributed by atoms with van der Waals surface area (Å²) in [6, 6.07) is 0. The Labute approximate surface area is 53.1 Å². The van der Waals surface area contributed by atoms with Crippen LogP contribution in [0.25, 0.3) is 0 Å². The highest BCUT2D eigenvalue weighted by atomic mass is 79.9. The minimum Gasteiger partial charge on any atom is -1.00 e. The van der Waals surface area contributed by atoms with Gasteiger partial charge < -0.3 is 23.1 Å². The van der Waals surface area contributed by atoms with E-state index in [1.54, 1.807) is 0 Å². The summed E-state index contributed by atoms with van der Waals surface area (Å²) in [5, 5.41) is 1.06. The minimum absolute atomic E-state index is 0. The number of hydrogen-bond acceptors (Lipinski definition) is 1. The van der Waals surface area contributed by atoms with Crippen molar-refractivity contribution >= 4 is 15.9 Å². The van der Waals surface area contributed by atoms with Gasteiger partial charge in [-0.2, -0.15) is 0 Å². The topological polar surface area (TPSA) is 35.0 Å². The lowest BCUT2D eigenvalue weighted by Crippen LogP contribution is -3.00. The molecule has 1 nitrogen and oxygen atoms in total. The van der Waals surface area contributed by atoms with Crippen LogP contribution in [-0.4, -0.2) is 5.33 Å². The predicted molar refractivity (Wildman–Crippen MR) is 25.6 cm³/mol. The number of halogens is 2. The van der Waals surface area contributed by atoms with Crippen molar-refractivity contribution in [2.75, 3.05) is 5.33 Å². The van der Waals surface area contributed by atoms with E-state index in [1.165, 1.54) is 0 Å². The average Bonchev–Trinajstić information content (AvgIpc) is 0.918. The molecule has 0 unspecified atom stereocenters. The van der Waals surface area contributed by atoms with Crippen molar-refractivity contribution in [3.63, 3.8) is 0 Å². The summed E-state index contributed by atoms with van der Waals surface area (Å²) in [6.07, 6.45) is 0. The van der Waals surface area contributed by atoms with Crippen LogP contribution in [0.1, 0.15) is 8.35 Å². The first-order chi connectivity index (χ1) is 1.41. The van der Waals surface area contributed by atoms with Crippen LogP contribution in [0, 0.1) is 0 Å². The van der Waals surface area contributed by atoms with Crippen molar-refractivity contribution in [1.82, 2.24) is 6.15 Å². The van der Waals surface area contributed by atoms with E-state index < -0.39 is 0 Å². The molecule has 0 saturated carbocycles. The molecule has 0 spiro atoms. The Hall–Kier alpha value is 0.920. The Morgan fingerprint density at radius 3 is 1.80 bits per heavy atom. The summed E-state index contributed by atoms with van der Waals surface area (Å²) in [6.45, 7) is 2.04. The van der Waals surface area contributed by atoms with Gasteiger partial charge >= 0.3 is 1.43 Å². The van der Waals surface area contributed by atoms with E-state index >= 15 is 0 Å². The van der Waals surface area contributed by atoms with Crippen LogP contribution in [0.3, 0.4) is 0 Å². The van der Waals surface area contributed by atoms with Gasteiger partial charge in [-0.15, -0.1) is 0 Å². The van der Waals surface area contributed by atoms with Gasteiger partial charge in [0, 0.05) is 5.33 Å². The highest BCUT2D eigenvalue weighted by molar-refractivity contribution is 9.09. The lowest BCUT2D eigenvalue weighted by atomic mass is 11.0. The first-order valence-electron chi connectivity index (χ1n) is 0.974. The van der Waals surface area contributed by atoms with E-state index in [4.69, 9.17) is 0 Å². The van der Waals surface area contributed by atoms with Crippen LogP contribution in [0.5, 0.6) is 0 Å². The van der Waals surface area contributed by atoms with Crippen molar-refractivity contribution in [1.29, 1.82) is 0 Å². The van der Waals surface area contributed by atoms with Crippen LogP contribution in [0.15, 0.2) is 0 Å². The summed E-state index contributed by atoms with van der Waals surface area (Å²) < 4.78 is 0. The molecule has 0 fully saturated rings. The molecule has 0 rings (SSSR count). The second-order valence-electron chi connectivity index (χ2n) is 0.267. The third kappa shape index (κ3) is 49.6. The van der Waals surface area contributed by atoms with Crippen LogP contribution in [-0.2, 0) is 0 Å². The molecule has 0 aliphatic carbocycles. The van der Waals surface area contributed by atoms with Crippen molar-refractivity contribution in [3.05, 3.63) is 0 Å². The van der Waals surface area contributed by atoms with Gasteiger partial charge in [-0.25, -0.2) is 0 Å².